The number of carbonyl (C=O) groups excluding carboxylic acids is 2. The third kappa shape index (κ3) is 8.65. The molecule has 1 aromatic heterocycles. The topological polar surface area (TPSA) is 120 Å². The number of esters is 1. The third-order valence-corrected chi connectivity index (χ3v) is 7.10. The molecule has 12 heteroatoms. The zero-order valence-electron chi connectivity index (χ0n) is 25.0. The predicted octanol–water partition coefficient (Wildman–Crippen LogP) is 5.87. The minimum absolute atomic E-state index is 0. The lowest BCUT2D eigenvalue weighted by molar-refractivity contribution is -0.138. The van der Waals surface area contributed by atoms with Gasteiger partial charge in [0.15, 0.2) is 0 Å². The molecule has 0 radical (unpaired) electrons. The number of amides is 1. The van der Waals surface area contributed by atoms with Crippen molar-refractivity contribution < 1.29 is 43.9 Å². The summed E-state index contributed by atoms with van der Waals surface area (Å²) in [7, 11) is 1.50. The number of phenolic OH excluding ortho intramolecular Hbond substituents is 1. The number of nitrogens with zero attached hydrogens (tertiary/aromatic N) is 1. The van der Waals surface area contributed by atoms with Crippen molar-refractivity contribution in [2.45, 2.75) is 6.92 Å². The van der Waals surface area contributed by atoms with E-state index >= 15 is 0 Å². The van der Waals surface area contributed by atoms with Crippen LogP contribution in [0.4, 0.5) is 10.1 Å². The van der Waals surface area contributed by atoms with Crippen LogP contribution in [0.2, 0.25) is 0 Å². The van der Waals surface area contributed by atoms with Crippen molar-refractivity contribution in [2.24, 2.45) is 0 Å². The molecular formula is C32H39FN2O8S. The van der Waals surface area contributed by atoms with E-state index in [4.69, 9.17) is 23.4 Å². The fraction of sp³-hybridized carbons (Fsp3) is 0.312. The van der Waals surface area contributed by atoms with Crippen molar-refractivity contribution in [2.75, 3.05) is 63.8 Å². The fourth-order valence-corrected chi connectivity index (χ4v) is 4.81. The van der Waals surface area contributed by atoms with E-state index in [1.54, 1.807) is 13.0 Å². The highest BCUT2D eigenvalue weighted by Gasteiger charge is 2.24. The van der Waals surface area contributed by atoms with Gasteiger partial charge in [0, 0.05) is 31.7 Å². The maximum Gasteiger partial charge on any atom is 0.341 e. The molecule has 3 rings (SSSR count). The molecule has 0 saturated heterocycles. The first kappa shape index (κ1) is 34.2. The Labute approximate surface area is 261 Å². The van der Waals surface area contributed by atoms with Gasteiger partial charge in [-0.15, -0.1) is 0 Å². The van der Waals surface area contributed by atoms with Gasteiger partial charge in [-0.3, -0.25) is 4.79 Å². The van der Waals surface area contributed by atoms with Gasteiger partial charge < -0.3 is 38.1 Å². The van der Waals surface area contributed by atoms with Crippen LogP contribution in [-0.2, 0) is 23.7 Å². The fourth-order valence-electron chi connectivity index (χ4n) is 4.21. The monoisotopic (exact) mass is 630 g/mol. The van der Waals surface area contributed by atoms with Gasteiger partial charge in [-0.1, -0.05) is 31.2 Å². The number of allylic oxidation sites excluding steroid dienone is 1. The Morgan fingerprint density at radius 2 is 1.75 bits per heavy atom. The number of ether oxygens (including phenoxy) is 4. The first-order valence-corrected chi connectivity index (χ1v) is 15.0. The van der Waals surface area contributed by atoms with Gasteiger partial charge in [0.25, 0.3) is 5.91 Å². The van der Waals surface area contributed by atoms with E-state index in [0.29, 0.717) is 48.6 Å². The Kier molecular flexibility index (Phi) is 13.3. The number of anilines is 1. The second-order valence-corrected chi connectivity index (χ2v) is 9.80. The summed E-state index contributed by atoms with van der Waals surface area (Å²) in [5.74, 6) is -0.835. The second-order valence-electron chi connectivity index (χ2n) is 8.99. The Morgan fingerprint density at radius 3 is 2.36 bits per heavy atom. The second kappa shape index (κ2) is 17.1. The van der Waals surface area contributed by atoms with Gasteiger partial charge in [0.2, 0.25) is 0 Å². The standard InChI is InChI=1S/C32H37FN2O8S.H2/c1-6-23(32(38)41-8-3)27(7-2)42-18-17-40-16-15-39-14-13-35(44-5)25-20-28-24(19-26(25)36)29(31(37)34-4)30(43-28)21-9-11-22(33)12-10-21;/h6-7,9-12,19-20,36H,1-2,8,13-18H2,3-5H3,(H,34,37);1H/b27-23-;. The molecule has 0 aliphatic rings. The first-order valence-electron chi connectivity index (χ1n) is 13.8. The van der Waals surface area contributed by atoms with Crippen molar-refractivity contribution in [1.82, 2.24) is 5.32 Å². The quantitative estimate of drug-likeness (QED) is 0.0441. The highest BCUT2D eigenvalue weighted by molar-refractivity contribution is 8.00. The van der Waals surface area contributed by atoms with Crippen LogP contribution in [0.5, 0.6) is 5.75 Å². The van der Waals surface area contributed by atoms with Crippen LogP contribution >= 0.6 is 11.9 Å². The number of hydrogen-bond donors (Lipinski definition) is 2. The molecule has 0 atom stereocenters. The van der Waals surface area contributed by atoms with Gasteiger partial charge in [-0.2, -0.15) is 0 Å². The van der Waals surface area contributed by atoms with E-state index in [-0.39, 0.29) is 49.7 Å². The molecule has 2 N–H and O–H groups in total. The summed E-state index contributed by atoms with van der Waals surface area (Å²) in [6.07, 6.45) is 4.64. The van der Waals surface area contributed by atoms with E-state index in [2.05, 4.69) is 18.5 Å². The molecule has 1 amide bonds. The number of carbonyl (C=O) groups is 2. The van der Waals surface area contributed by atoms with Crippen molar-refractivity contribution in [1.29, 1.82) is 0 Å². The molecule has 0 aliphatic carbocycles. The zero-order chi connectivity index (χ0) is 32.1. The lowest BCUT2D eigenvalue weighted by Gasteiger charge is -2.22. The number of phenols is 1. The van der Waals surface area contributed by atoms with Gasteiger partial charge in [0.1, 0.15) is 40.8 Å². The highest BCUT2D eigenvalue weighted by atomic mass is 32.2. The molecule has 10 nitrogen and oxygen atoms in total. The van der Waals surface area contributed by atoms with Crippen molar-refractivity contribution in [3.8, 4) is 17.1 Å². The average molecular weight is 631 g/mol. The average Bonchev–Trinajstić information content (AvgIpc) is 3.39. The third-order valence-electron chi connectivity index (χ3n) is 6.28. The maximum absolute atomic E-state index is 13.5. The van der Waals surface area contributed by atoms with Gasteiger partial charge >= 0.3 is 5.97 Å². The summed E-state index contributed by atoms with van der Waals surface area (Å²) in [5, 5.41) is 13.9. The Morgan fingerprint density at radius 1 is 1.07 bits per heavy atom. The highest BCUT2D eigenvalue weighted by Crippen LogP contribution is 2.41. The molecule has 44 heavy (non-hydrogen) atoms. The smallest absolute Gasteiger partial charge is 0.341 e. The Hall–Kier alpha value is -4.26. The predicted molar refractivity (Wildman–Crippen MR) is 171 cm³/mol. The van der Waals surface area contributed by atoms with Crippen LogP contribution in [0.25, 0.3) is 22.3 Å². The van der Waals surface area contributed by atoms with Crippen LogP contribution in [0, 0.1) is 5.82 Å². The van der Waals surface area contributed by atoms with Crippen LogP contribution in [0.15, 0.2) is 77.5 Å². The number of benzene rings is 2. The molecule has 1 heterocycles. The van der Waals surface area contributed by atoms with Crippen LogP contribution < -0.4 is 9.62 Å². The number of aromatic hydroxyl groups is 1. The van der Waals surface area contributed by atoms with E-state index in [0.717, 1.165) is 0 Å². The summed E-state index contributed by atoms with van der Waals surface area (Å²) < 4.78 is 43.2. The number of halogens is 1. The number of nitrogens with one attached hydrogen (secondary N) is 1. The van der Waals surface area contributed by atoms with E-state index < -0.39 is 17.7 Å². The van der Waals surface area contributed by atoms with E-state index in [9.17, 15) is 19.1 Å². The SMILES string of the molecule is C=C/C(OCCOCCOCCN(SC)c1cc2oc(-c3ccc(F)cc3)c(C(=O)NC)c2cc1O)=C(\C=C)C(=O)OCC.[HH]. The van der Waals surface area contributed by atoms with Crippen molar-refractivity contribution in [3.05, 3.63) is 84.4 Å². The molecule has 2 aromatic carbocycles. The van der Waals surface area contributed by atoms with Gasteiger partial charge in [-0.25, -0.2) is 9.18 Å². The molecule has 0 aliphatic heterocycles. The normalized spacial score (nSPS) is 11.5. The molecule has 0 bridgehead atoms. The van der Waals surface area contributed by atoms with Crippen molar-refractivity contribution >= 4 is 40.5 Å². The molecule has 0 saturated carbocycles. The largest absolute Gasteiger partial charge is 0.506 e. The van der Waals surface area contributed by atoms with Crippen LogP contribution in [0.3, 0.4) is 0 Å². The van der Waals surface area contributed by atoms with Gasteiger partial charge in [-0.05, 0) is 43.3 Å². The van der Waals surface area contributed by atoms with Gasteiger partial charge in [0.05, 0.1) is 50.8 Å². The molecule has 0 fully saturated rings. The minimum Gasteiger partial charge on any atom is -0.506 e. The Balaban J connectivity index is 0.00000705. The summed E-state index contributed by atoms with van der Waals surface area (Å²) in [5.41, 5.74) is 1.85. The summed E-state index contributed by atoms with van der Waals surface area (Å²) >= 11 is 1.38. The van der Waals surface area contributed by atoms with Crippen LogP contribution in [0.1, 0.15) is 18.7 Å². The lowest BCUT2D eigenvalue weighted by atomic mass is 10.0. The Bertz CT molecular complexity index is 1490. The molecule has 238 valence electrons. The molecule has 0 unspecified atom stereocenters. The molecule has 3 aromatic rings. The van der Waals surface area contributed by atoms with Crippen molar-refractivity contribution in [3.63, 3.8) is 0 Å². The van der Waals surface area contributed by atoms with Crippen LogP contribution in [-0.4, -0.2) is 76.5 Å². The number of rotatable bonds is 18. The molecular weight excluding hydrogens is 591 g/mol. The number of fused-ring (bicyclic) bond motifs is 1. The maximum atomic E-state index is 13.5. The summed E-state index contributed by atoms with van der Waals surface area (Å²) in [6.45, 7) is 11.1. The minimum atomic E-state index is -0.535. The zero-order valence-corrected chi connectivity index (χ0v) is 25.8. The summed E-state index contributed by atoms with van der Waals surface area (Å²) in [4.78, 5) is 24.7. The lowest BCUT2D eigenvalue weighted by Crippen LogP contribution is -2.21. The number of furan rings is 1. The molecule has 0 spiro atoms. The number of hydrogen-bond acceptors (Lipinski definition) is 10. The first-order chi connectivity index (χ1) is 21.3. The van der Waals surface area contributed by atoms with E-state index in [1.165, 1.54) is 61.5 Å². The van der Waals surface area contributed by atoms with E-state index in [1.807, 2.05) is 10.6 Å². The summed E-state index contributed by atoms with van der Waals surface area (Å²) in [6, 6.07) is 8.79.